The van der Waals surface area contributed by atoms with Gasteiger partial charge in [-0.3, -0.25) is 0 Å². The molecule has 0 radical (unpaired) electrons. The first-order chi connectivity index (χ1) is 9.98. The second-order valence-corrected chi connectivity index (χ2v) is 5.64. The third kappa shape index (κ3) is 1.91. The standard InChI is InChI=1S/C14H13F3N2O2/c15-14(16,17)11-5-12(18-21-11)19-7-13(8-19)10-4-2-1-3-9(10)6-20-13/h1-4,11H,5-8H2. The summed E-state index contributed by atoms with van der Waals surface area (Å²) in [5.41, 5.74) is 1.89. The van der Waals surface area contributed by atoms with Crippen molar-refractivity contribution >= 4 is 5.84 Å². The van der Waals surface area contributed by atoms with Crippen LogP contribution in [0.25, 0.3) is 0 Å². The van der Waals surface area contributed by atoms with Gasteiger partial charge in [-0.25, -0.2) is 0 Å². The van der Waals surface area contributed by atoms with Crippen LogP contribution >= 0.6 is 0 Å². The van der Waals surface area contributed by atoms with Crippen LogP contribution in [0, 0.1) is 0 Å². The Kier molecular flexibility index (Phi) is 2.54. The zero-order valence-electron chi connectivity index (χ0n) is 11.1. The van der Waals surface area contributed by atoms with Crippen molar-refractivity contribution in [3.63, 3.8) is 0 Å². The zero-order valence-corrected chi connectivity index (χ0v) is 11.1. The topological polar surface area (TPSA) is 34.1 Å². The van der Waals surface area contributed by atoms with E-state index in [0.717, 1.165) is 11.1 Å². The van der Waals surface area contributed by atoms with Crippen molar-refractivity contribution in [1.82, 2.24) is 4.90 Å². The fourth-order valence-electron chi connectivity index (χ4n) is 3.13. The molecule has 112 valence electrons. The molecule has 4 nitrogen and oxygen atoms in total. The molecule has 1 aromatic rings. The minimum atomic E-state index is -4.37. The normalized spacial score (nSPS) is 26.3. The van der Waals surface area contributed by atoms with Crippen molar-refractivity contribution in [2.45, 2.75) is 30.9 Å². The van der Waals surface area contributed by atoms with Crippen LogP contribution in [0.4, 0.5) is 13.2 Å². The van der Waals surface area contributed by atoms with Crippen LogP contribution < -0.4 is 0 Å². The molecule has 1 atom stereocenters. The van der Waals surface area contributed by atoms with Gasteiger partial charge < -0.3 is 14.5 Å². The molecular formula is C14H13F3N2O2. The van der Waals surface area contributed by atoms with E-state index in [-0.39, 0.29) is 6.42 Å². The van der Waals surface area contributed by atoms with Gasteiger partial charge in [0.15, 0.2) is 0 Å². The molecule has 0 amide bonds. The molecule has 1 unspecified atom stereocenters. The highest BCUT2D eigenvalue weighted by atomic mass is 19.4. The minimum Gasteiger partial charge on any atom is -0.381 e. The van der Waals surface area contributed by atoms with Gasteiger partial charge in [0, 0.05) is 0 Å². The number of hydrogen-bond donors (Lipinski definition) is 0. The van der Waals surface area contributed by atoms with Crippen molar-refractivity contribution in [2.75, 3.05) is 13.1 Å². The van der Waals surface area contributed by atoms with Gasteiger partial charge in [-0.05, 0) is 11.1 Å². The summed E-state index contributed by atoms with van der Waals surface area (Å²) in [7, 11) is 0. The van der Waals surface area contributed by atoms with Crippen LogP contribution in [-0.2, 0) is 21.8 Å². The number of halogens is 3. The molecule has 0 aliphatic carbocycles. The van der Waals surface area contributed by atoms with Crippen molar-refractivity contribution < 1.29 is 22.7 Å². The average molecular weight is 298 g/mol. The highest BCUT2D eigenvalue weighted by molar-refractivity contribution is 5.84. The van der Waals surface area contributed by atoms with Crippen molar-refractivity contribution in [3.05, 3.63) is 35.4 Å². The number of amidine groups is 1. The summed E-state index contributed by atoms with van der Waals surface area (Å²) >= 11 is 0. The molecule has 3 aliphatic rings. The second kappa shape index (κ2) is 4.13. The van der Waals surface area contributed by atoms with E-state index >= 15 is 0 Å². The lowest BCUT2D eigenvalue weighted by atomic mass is 9.85. The first kappa shape index (κ1) is 12.9. The smallest absolute Gasteiger partial charge is 0.381 e. The first-order valence-electron chi connectivity index (χ1n) is 6.75. The van der Waals surface area contributed by atoms with Crippen LogP contribution in [0.5, 0.6) is 0 Å². The third-order valence-corrected chi connectivity index (χ3v) is 4.29. The maximum absolute atomic E-state index is 12.6. The Hall–Kier alpha value is -1.76. The SMILES string of the molecule is FC(F)(F)C1CC(N2CC3(C2)OCc2ccccc23)=NO1. The van der Waals surface area contributed by atoms with Crippen LogP contribution in [-0.4, -0.2) is 36.1 Å². The van der Waals surface area contributed by atoms with Gasteiger partial charge in [0.2, 0.25) is 6.10 Å². The molecule has 3 heterocycles. The largest absolute Gasteiger partial charge is 0.428 e. The molecular weight excluding hydrogens is 285 g/mol. The maximum Gasteiger partial charge on any atom is 0.428 e. The Bertz CT molecular complexity index is 608. The van der Waals surface area contributed by atoms with E-state index in [4.69, 9.17) is 4.74 Å². The Morgan fingerprint density at radius 2 is 2.00 bits per heavy atom. The van der Waals surface area contributed by atoms with E-state index in [1.54, 1.807) is 4.90 Å². The van der Waals surface area contributed by atoms with Gasteiger partial charge in [0.05, 0.1) is 26.1 Å². The average Bonchev–Trinajstić information content (AvgIpc) is 3.01. The summed E-state index contributed by atoms with van der Waals surface area (Å²) in [6.45, 7) is 1.60. The summed E-state index contributed by atoms with van der Waals surface area (Å²) in [6, 6.07) is 7.95. The molecule has 1 spiro atoms. The number of hydrogen-bond acceptors (Lipinski definition) is 4. The molecule has 1 saturated heterocycles. The van der Waals surface area contributed by atoms with E-state index in [1.165, 1.54) is 0 Å². The molecule has 0 aromatic heterocycles. The summed E-state index contributed by atoms with van der Waals surface area (Å²) in [4.78, 5) is 6.29. The number of rotatable bonds is 0. The predicted octanol–water partition coefficient (Wildman–Crippen LogP) is 2.39. The Balaban J connectivity index is 1.45. The molecule has 0 saturated carbocycles. The lowest BCUT2D eigenvalue weighted by molar-refractivity contribution is -0.212. The van der Waals surface area contributed by atoms with Crippen LogP contribution in [0.3, 0.4) is 0 Å². The monoisotopic (exact) mass is 298 g/mol. The van der Waals surface area contributed by atoms with Crippen molar-refractivity contribution in [1.29, 1.82) is 0 Å². The summed E-state index contributed by atoms with van der Waals surface area (Å²) in [5, 5.41) is 3.58. The van der Waals surface area contributed by atoms with Crippen LogP contribution in [0.1, 0.15) is 17.5 Å². The van der Waals surface area contributed by atoms with Gasteiger partial charge in [0.1, 0.15) is 11.4 Å². The highest BCUT2D eigenvalue weighted by Crippen LogP contribution is 2.44. The number of oxime groups is 1. The van der Waals surface area contributed by atoms with E-state index in [1.807, 2.05) is 24.3 Å². The first-order valence-corrected chi connectivity index (χ1v) is 6.75. The van der Waals surface area contributed by atoms with Crippen LogP contribution in [0.2, 0.25) is 0 Å². The molecule has 1 aromatic carbocycles. The lowest BCUT2D eigenvalue weighted by Gasteiger charge is -2.48. The van der Waals surface area contributed by atoms with Crippen LogP contribution in [0.15, 0.2) is 29.4 Å². The van der Waals surface area contributed by atoms with Gasteiger partial charge in [-0.2, -0.15) is 13.2 Å². The van der Waals surface area contributed by atoms with Crippen molar-refractivity contribution in [3.8, 4) is 0 Å². The quantitative estimate of drug-likeness (QED) is 0.737. The lowest BCUT2D eigenvalue weighted by Crippen LogP contribution is -2.61. The Morgan fingerprint density at radius 3 is 2.71 bits per heavy atom. The van der Waals surface area contributed by atoms with E-state index < -0.39 is 17.9 Å². The summed E-state index contributed by atoms with van der Waals surface area (Å²) in [6.07, 6.45) is -6.41. The minimum absolute atomic E-state index is 0.221. The molecule has 4 rings (SSSR count). The Labute approximate surface area is 119 Å². The van der Waals surface area contributed by atoms with Gasteiger partial charge >= 0.3 is 6.18 Å². The van der Waals surface area contributed by atoms with Gasteiger partial charge in [0.25, 0.3) is 0 Å². The fraction of sp³-hybridized carbons (Fsp3) is 0.500. The van der Waals surface area contributed by atoms with Gasteiger partial charge in [-0.15, -0.1) is 0 Å². The number of nitrogens with zero attached hydrogens (tertiary/aromatic N) is 2. The Morgan fingerprint density at radius 1 is 1.24 bits per heavy atom. The molecule has 3 aliphatic heterocycles. The molecule has 0 bridgehead atoms. The van der Waals surface area contributed by atoms with E-state index in [0.29, 0.717) is 25.5 Å². The molecule has 1 fully saturated rings. The molecule has 0 N–H and O–H groups in total. The predicted molar refractivity (Wildman–Crippen MR) is 67.5 cm³/mol. The maximum atomic E-state index is 12.6. The second-order valence-electron chi connectivity index (χ2n) is 5.64. The number of likely N-dealkylation sites (tertiary alicyclic amines) is 1. The molecule has 21 heavy (non-hydrogen) atoms. The number of benzene rings is 1. The number of alkyl halides is 3. The zero-order chi connectivity index (χ0) is 14.7. The summed E-state index contributed by atoms with van der Waals surface area (Å²) < 4.78 is 43.6. The van der Waals surface area contributed by atoms with E-state index in [9.17, 15) is 13.2 Å². The van der Waals surface area contributed by atoms with Crippen molar-refractivity contribution in [2.24, 2.45) is 5.16 Å². The fourth-order valence-corrected chi connectivity index (χ4v) is 3.13. The third-order valence-electron chi connectivity index (χ3n) is 4.29. The number of fused-ring (bicyclic) bond motifs is 2. The summed E-state index contributed by atoms with van der Waals surface area (Å²) in [5.74, 6) is 0.357. The molecule has 7 heteroatoms. The highest BCUT2D eigenvalue weighted by Gasteiger charge is 2.54. The number of ether oxygens (including phenoxy) is 1. The van der Waals surface area contributed by atoms with Gasteiger partial charge in [-0.1, -0.05) is 29.4 Å². The van der Waals surface area contributed by atoms with E-state index in [2.05, 4.69) is 9.99 Å².